The van der Waals surface area contributed by atoms with E-state index < -0.39 is 18.2 Å². The summed E-state index contributed by atoms with van der Waals surface area (Å²) in [7, 11) is 3.50. The van der Waals surface area contributed by atoms with Crippen LogP contribution in [0.5, 0.6) is 0 Å². The number of hydrogen-bond donors (Lipinski definition) is 1. The van der Waals surface area contributed by atoms with Crippen molar-refractivity contribution in [2.45, 2.75) is 150 Å². The van der Waals surface area contributed by atoms with Gasteiger partial charge < -0.3 is 43.6 Å². The summed E-state index contributed by atoms with van der Waals surface area (Å²) in [6.07, 6.45) is 0.794. The molecule has 9 nitrogen and oxygen atoms in total. The third kappa shape index (κ3) is 10.2. The van der Waals surface area contributed by atoms with Crippen LogP contribution in [-0.2, 0) is 65.9 Å². The predicted octanol–water partition coefficient (Wildman–Crippen LogP) is 6.60. The van der Waals surface area contributed by atoms with Gasteiger partial charge in [0.2, 0.25) is 0 Å². The van der Waals surface area contributed by atoms with Crippen LogP contribution in [0.3, 0.4) is 0 Å². The van der Waals surface area contributed by atoms with Crippen LogP contribution >= 0.6 is 0 Å². The maximum absolute atomic E-state index is 10.9. The van der Waals surface area contributed by atoms with Gasteiger partial charge in [-0.1, -0.05) is 82.1 Å². The van der Waals surface area contributed by atoms with Crippen LogP contribution in [0.25, 0.3) is 5.32 Å². The molecule has 1 N–H and O–H groups in total. The van der Waals surface area contributed by atoms with Crippen molar-refractivity contribution in [2.24, 2.45) is 47.3 Å². The van der Waals surface area contributed by atoms with Crippen LogP contribution in [-0.4, -0.2) is 87.6 Å². The van der Waals surface area contributed by atoms with Gasteiger partial charge in [-0.05, 0) is 36.5 Å². The Morgan fingerprint density at radius 2 is 1.31 bits per heavy atom. The smallest absolute Gasteiger partial charge is 0.163 e. The van der Waals surface area contributed by atoms with E-state index in [1.165, 1.54) is 0 Å². The van der Waals surface area contributed by atoms with E-state index in [4.69, 9.17) is 33.2 Å². The molecule has 263 valence electrons. The summed E-state index contributed by atoms with van der Waals surface area (Å²) in [6, 6.07) is 0. The topological polar surface area (TPSA) is 98.9 Å². The molecule has 45 heavy (non-hydrogen) atoms. The number of hydrogen-bond acceptors (Lipinski definition) is 8. The van der Waals surface area contributed by atoms with E-state index in [1.807, 2.05) is 0 Å². The van der Waals surface area contributed by atoms with Gasteiger partial charge >= 0.3 is 0 Å². The van der Waals surface area contributed by atoms with Crippen LogP contribution < -0.4 is 0 Å². The number of nitrogens with zero attached hydrogens (tertiary/aromatic N) is 1. The van der Waals surface area contributed by atoms with Crippen molar-refractivity contribution in [2.75, 3.05) is 27.5 Å². The zero-order chi connectivity index (χ0) is 32.9. The molecule has 0 aromatic heterocycles. The summed E-state index contributed by atoms with van der Waals surface area (Å²) in [6.45, 7) is 24.9. The van der Waals surface area contributed by atoms with Crippen LogP contribution in [0.2, 0.25) is 0 Å². The van der Waals surface area contributed by atoms with E-state index in [0.29, 0.717) is 36.7 Å². The van der Waals surface area contributed by atoms with E-state index in [9.17, 15) is 5.11 Å². The summed E-state index contributed by atoms with van der Waals surface area (Å²) < 4.78 is 45.1. The summed E-state index contributed by atoms with van der Waals surface area (Å²) in [5.74, 6) is 1.01. The van der Waals surface area contributed by atoms with Gasteiger partial charge in [-0.15, -0.1) is 0 Å². The first-order chi connectivity index (χ1) is 20.7. The van der Waals surface area contributed by atoms with Gasteiger partial charge in [0.25, 0.3) is 0 Å². The van der Waals surface area contributed by atoms with Crippen molar-refractivity contribution in [3.05, 3.63) is 5.32 Å². The molecule has 0 aromatic carbocycles. The summed E-state index contributed by atoms with van der Waals surface area (Å²) in [4.78, 5) is 0. The molecule has 1 radical (unpaired) electrons. The summed E-state index contributed by atoms with van der Waals surface area (Å²) >= 11 is 0. The van der Waals surface area contributed by atoms with Gasteiger partial charge in [0.05, 0.1) is 31.0 Å². The van der Waals surface area contributed by atoms with Crippen molar-refractivity contribution in [1.82, 2.24) is 0 Å². The SMILES string of the molecule is CC[C@H](C)C1O[C@H](O[C@H]2C([C@H]3COCO3)O[C@](C)(O)C[C@H]2C)C(C)[C@@H](O[C@H]2O[C@@H]([C@@H](C)CC)[C@@H](C)C(C)C2C)[C@@H]1C.C[N-]C.[Y]. The van der Waals surface area contributed by atoms with Crippen LogP contribution in [0.15, 0.2) is 0 Å². The van der Waals surface area contributed by atoms with Crippen LogP contribution in [0.4, 0.5) is 0 Å². The predicted molar refractivity (Wildman–Crippen MR) is 172 cm³/mol. The van der Waals surface area contributed by atoms with E-state index in [2.05, 4.69) is 74.6 Å². The second kappa shape index (κ2) is 18.7. The maximum Gasteiger partial charge on any atom is 0.163 e. The molecule has 0 aliphatic carbocycles. The minimum Gasteiger partial charge on any atom is -0.668 e. The van der Waals surface area contributed by atoms with E-state index in [0.717, 1.165) is 12.8 Å². The molecule has 17 atom stereocenters. The van der Waals surface area contributed by atoms with Crippen LogP contribution in [0.1, 0.15) is 95.4 Å². The fourth-order valence-electron chi connectivity index (χ4n) is 7.77. The minimum atomic E-state index is -1.25. The van der Waals surface area contributed by atoms with Crippen molar-refractivity contribution in [1.29, 1.82) is 0 Å². The Morgan fingerprint density at radius 3 is 1.82 bits per heavy atom. The monoisotopic (exact) mass is 717 g/mol. The summed E-state index contributed by atoms with van der Waals surface area (Å²) in [5, 5.41) is 14.4. The molecule has 4 aliphatic heterocycles. The standard InChI is InChI=1S/C33H60O8.C2H6N.Y/c1-12-17(3)26-21(7)20(6)22(8)31(37-26)40-29-23(9)27(18(4)13-2)38-32(24(29)10)39-28-19(5)14-33(11,34)41-30(28)25-15-35-16-36-25;1-3-2;/h17-32,34H,12-16H2,1-11H3;1-2H3;/q;-1;/t17-,18-,19+,20?,21-,22?,23+,24?,25+,26-,27?,28+,29-,30?,31+,32+,33-;;/m0../s1. The Labute approximate surface area is 300 Å². The van der Waals surface area contributed by atoms with Crippen molar-refractivity contribution < 1.29 is 71.0 Å². The third-order valence-corrected chi connectivity index (χ3v) is 11.2. The van der Waals surface area contributed by atoms with Crippen LogP contribution in [0, 0.1) is 47.3 Å². The second-order valence-electron chi connectivity index (χ2n) is 14.8. The van der Waals surface area contributed by atoms with Gasteiger partial charge in [0, 0.05) is 56.9 Å². The Morgan fingerprint density at radius 1 is 0.800 bits per heavy atom. The molecule has 4 rings (SSSR count). The van der Waals surface area contributed by atoms with Gasteiger partial charge in [-0.3, -0.25) is 0 Å². The largest absolute Gasteiger partial charge is 0.668 e. The Kier molecular flexibility index (Phi) is 17.4. The molecule has 0 bridgehead atoms. The third-order valence-electron chi connectivity index (χ3n) is 11.2. The molecule has 4 heterocycles. The number of ether oxygens (including phenoxy) is 7. The first-order valence-corrected chi connectivity index (χ1v) is 17.4. The maximum atomic E-state index is 10.9. The molecular weight excluding hydrogens is 651 g/mol. The average Bonchev–Trinajstić information content (AvgIpc) is 3.52. The molecule has 0 aromatic rings. The first kappa shape index (κ1) is 41.9. The Balaban J connectivity index is 0.00000169. The Hall–Kier alpha value is 0.744. The zero-order valence-electron chi connectivity index (χ0n) is 30.6. The van der Waals surface area contributed by atoms with E-state index >= 15 is 0 Å². The number of aliphatic hydroxyl groups is 1. The number of rotatable bonds is 9. The molecule has 0 saturated carbocycles. The molecule has 4 aliphatic rings. The second-order valence-corrected chi connectivity index (χ2v) is 14.8. The van der Waals surface area contributed by atoms with E-state index in [-0.39, 0.29) is 100.0 Å². The van der Waals surface area contributed by atoms with Crippen molar-refractivity contribution in [3.8, 4) is 0 Å². The molecule has 0 amide bonds. The van der Waals surface area contributed by atoms with Gasteiger partial charge in [0.1, 0.15) is 19.0 Å². The first-order valence-electron chi connectivity index (χ1n) is 17.4. The van der Waals surface area contributed by atoms with Crippen molar-refractivity contribution >= 4 is 0 Å². The molecule has 4 saturated heterocycles. The van der Waals surface area contributed by atoms with Gasteiger partial charge in [0.15, 0.2) is 18.4 Å². The van der Waals surface area contributed by atoms with Gasteiger partial charge in [-0.25, -0.2) is 0 Å². The molecule has 10 heteroatoms. The van der Waals surface area contributed by atoms with E-state index in [1.54, 1.807) is 21.0 Å². The van der Waals surface area contributed by atoms with Crippen molar-refractivity contribution in [3.63, 3.8) is 0 Å². The molecule has 5 unspecified atom stereocenters. The van der Waals surface area contributed by atoms with Gasteiger partial charge in [-0.2, -0.15) is 14.1 Å². The normalized spacial score (nSPS) is 46.8. The summed E-state index contributed by atoms with van der Waals surface area (Å²) in [5.41, 5.74) is 0. The Bertz CT molecular complexity index is 846. The zero-order valence-corrected chi connectivity index (χ0v) is 33.4. The average molecular weight is 718 g/mol. The molecule has 4 fully saturated rings. The fourth-order valence-corrected chi connectivity index (χ4v) is 7.77. The quantitative estimate of drug-likeness (QED) is 0.285. The minimum absolute atomic E-state index is 0. The molecular formula is C35H66NO8Y-. The fraction of sp³-hybridized carbons (Fsp3) is 1.00. The molecule has 0 spiro atoms.